The second-order valence-corrected chi connectivity index (χ2v) is 11.6. The number of hydrogen-bond donors (Lipinski definition) is 4. The minimum absolute atomic E-state index is 0.145. The zero-order valence-corrected chi connectivity index (χ0v) is 18.3. The third kappa shape index (κ3) is 3.85. The zero-order chi connectivity index (χ0) is 21.2. The molecule has 166 valence electrons. The lowest BCUT2D eigenvalue weighted by Crippen LogP contribution is -2.51. The molecule has 2 aliphatic carbocycles. The van der Waals surface area contributed by atoms with Gasteiger partial charge in [-0.15, -0.1) is 0 Å². The molecule has 7 nitrogen and oxygen atoms in total. The molecular weight excluding hydrogens is 402 g/mol. The molecule has 4 N–H and O–H groups in total. The molecule has 3 fully saturated rings. The van der Waals surface area contributed by atoms with Crippen molar-refractivity contribution in [2.24, 2.45) is 5.41 Å². The van der Waals surface area contributed by atoms with Gasteiger partial charge in [0.25, 0.3) is 5.91 Å². The molecule has 1 aliphatic heterocycles. The van der Waals surface area contributed by atoms with E-state index < -0.39 is 20.5 Å². The van der Waals surface area contributed by atoms with Crippen LogP contribution in [0.25, 0.3) is 0 Å². The number of piperidine rings is 1. The highest BCUT2D eigenvalue weighted by Gasteiger charge is 2.60. The van der Waals surface area contributed by atoms with Gasteiger partial charge in [0, 0.05) is 11.7 Å². The van der Waals surface area contributed by atoms with Gasteiger partial charge in [0.1, 0.15) is 0 Å². The topological polar surface area (TPSA) is 108 Å². The third-order valence-electron chi connectivity index (χ3n) is 7.55. The fraction of sp³-hybridized carbons (Fsp3) is 0.682. The van der Waals surface area contributed by atoms with E-state index in [1.54, 1.807) is 29.7 Å². The molecule has 1 aromatic carbocycles. The Kier molecular flexibility index (Phi) is 6.10. The first kappa shape index (κ1) is 21.6. The molecule has 30 heavy (non-hydrogen) atoms. The van der Waals surface area contributed by atoms with Crippen LogP contribution < -0.4 is 16.1 Å². The highest BCUT2D eigenvalue weighted by Crippen LogP contribution is 2.54. The van der Waals surface area contributed by atoms with Gasteiger partial charge in [-0.1, -0.05) is 19.3 Å². The molecule has 1 unspecified atom stereocenters. The maximum Gasteiger partial charge on any atom is 0.265 e. The van der Waals surface area contributed by atoms with Crippen LogP contribution in [-0.4, -0.2) is 43.4 Å². The standard InChI is InChI=1S/C22H33N3O4S/c26-20(25-27)22(11-10-21(16-22)12-14-23-15-13-21)30(28,29)19-8-6-18(7-9-19)24-17-4-2-1-3-5-17/h6-9,17,23-24,27H,1-5,10-16H2,(H,25,26). The molecule has 8 heteroatoms. The number of amides is 1. The number of anilines is 1. The number of carbonyl (C=O) groups is 1. The normalized spacial score (nSPS) is 27.1. The number of rotatable bonds is 5. The van der Waals surface area contributed by atoms with Crippen molar-refractivity contribution in [2.75, 3.05) is 18.4 Å². The predicted molar refractivity (Wildman–Crippen MR) is 115 cm³/mol. The molecular formula is C22H33N3O4S. The van der Waals surface area contributed by atoms with E-state index in [4.69, 9.17) is 0 Å². The summed E-state index contributed by atoms with van der Waals surface area (Å²) >= 11 is 0. The summed E-state index contributed by atoms with van der Waals surface area (Å²) in [5.41, 5.74) is 2.41. The van der Waals surface area contributed by atoms with Crippen molar-refractivity contribution in [1.82, 2.24) is 10.8 Å². The van der Waals surface area contributed by atoms with Crippen molar-refractivity contribution >= 4 is 21.4 Å². The van der Waals surface area contributed by atoms with Gasteiger partial charge in [0.15, 0.2) is 14.6 Å². The Morgan fingerprint density at radius 2 is 1.67 bits per heavy atom. The van der Waals surface area contributed by atoms with Gasteiger partial charge in [-0.2, -0.15) is 0 Å². The second-order valence-electron chi connectivity index (χ2n) is 9.37. The van der Waals surface area contributed by atoms with E-state index in [1.807, 2.05) is 0 Å². The second kappa shape index (κ2) is 8.48. The molecule has 0 radical (unpaired) electrons. The molecule has 2 saturated carbocycles. The first-order valence-electron chi connectivity index (χ1n) is 11.2. The van der Waals surface area contributed by atoms with E-state index in [2.05, 4.69) is 10.6 Å². The Bertz CT molecular complexity index is 859. The molecule has 1 heterocycles. The first-order valence-corrected chi connectivity index (χ1v) is 12.7. The summed E-state index contributed by atoms with van der Waals surface area (Å²) < 4.78 is 25.7. The summed E-state index contributed by atoms with van der Waals surface area (Å²) in [6.07, 6.45) is 8.89. The van der Waals surface area contributed by atoms with Gasteiger partial charge in [0.2, 0.25) is 0 Å². The molecule has 1 saturated heterocycles. The van der Waals surface area contributed by atoms with Crippen LogP contribution in [0.2, 0.25) is 0 Å². The van der Waals surface area contributed by atoms with Crippen LogP contribution in [0.4, 0.5) is 5.69 Å². The van der Waals surface area contributed by atoms with Crippen molar-refractivity contribution in [1.29, 1.82) is 0 Å². The zero-order valence-electron chi connectivity index (χ0n) is 17.5. The van der Waals surface area contributed by atoms with Crippen molar-refractivity contribution in [2.45, 2.75) is 79.9 Å². The molecule has 3 aliphatic rings. The van der Waals surface area contributed by atoms with Crippen molar-refractivity contribution in [3.8, 4) is 0 Å². The van der Waals surface area contributed by atoms with Gasteiger partial charge in [-0.05, 0) is 87.7 Å². The van der Waals surface area contributed by atoms with E-state index >= 15 is 0 Å². The average Bonchev–Trinajstić information content (AvgIpc) is 3.15. The van der Waals surface area contributed by atoms with Crippen LogP contribution in [0.3, 0.4) is 0 Å². The quantitative estimate of drug-likeness (QED) is 0.418. The van der Waals surface area contributed by atoms with Crippen molar-refractivity contribution in [3.63, 3.8) is 0 Å². The van der Waals surface area contributed by atoms with Gasteiger partial charge in [0.05, 0.1) is 4.90 Å². The Balaban J connectivity index is 1.58. The molecule has 1 amide bonds. The lowest BCUT2D eigenvalue weighted by molar-refractivity contribution is -0.132. The SMILES string of the molecule is O=C(NO)C1(S(=O)(=O)c2ccc(NC3CCCCC3)cc2)CCC2(CCNCC2)C1. The number of hydrogen-bond acceptors (Lipinski definition) is 6. The Morgan fingerprint density at radius 1 is 1.00 bits per heavy atom. The van der Waals surface area contributed by atoms with Crippen LogP contribution in [-0.2, 0) is 14.6 Å². The third-order valence-corrected chi connectivity index (χ3v) is 10.0. The highest BCUT2D eigenvalue weighted by molar-refractivity contribution is 7.93. The summed E-state index contributed by atoms with van der Waals surface area (Å²) in [6, 6.07) is 7.21. The first-order chi connectivity index (χ1) is 14.4. The maximum atomic E-state index is 13.7. The van der Waals surface area contributed by atoms with Crippen LogP contribution >= 0.6 is 0 Å². The van der Waals surface area contributed by atoms with Crippen molar-refractivity contribution in [3.05, 3.63) is 24.3 Å². The average molecular weight is 436 g/mol. The van der Waals surface area contributed by atoms with E-state index in [1.165, 1.54) is 19.3 Å². The highest BCUT2D eigenvalue weighted by atomic mass is 32.2. The Labute approximate surface area is 178 Å². The van der Waals surface area contributed by atoms with E-state index in [9.17, 15) is 18.4 Å². The van der Waals surface area contributed by atoms with Crippen LogP contribution in [0.5, 0.6) is 0 Å². The minimum atomic E-state index is -3.96. The number of nitrogens with one attached hydrogen (secondary N) is 3. The maximum absolute atomic E-state index is 13.7. The molecule has 0 bridgehead atoms. The van der Waals surface area contributed by atoms with Crippen LogP contribution in [0.15, 0.2) is 29.2 Å². The summed E-state index contributed by atoms with van der Waals surface area (Å²) in [4.78, 5) is 12.9. The number of hydroxylamine groups is 1. The largest absolute Gasteiger partial charge is 0.382 e. The Hall–Kier alpha value is -1.64. The molecule has 4 rings (SSSR count). The van der Waals surface area contributed by atoms with Gasteiger partial charge < -0.3 is 10.6 Å². The minimum Gasteiger partial charge on any atom is -0.382 e. The van der Waals surface area contributed by atoms with Gasteiger partial charge in [-0.25, -0.2) is 13.9 Å². The summed E-state index contributed by atoms with van der Waals surface area (Å²) in [7, 11) is -3.96. The number of benzene rings is 1. The van der Waals surface area contributed by atoms with Gasteiger partial charge >= 0.3 is 0 Å². The van der Waals surface area contributed by atoms with Crippen LogP contribution in [0, 0.1) is 5.41 Å². The fourth-order valence-corrected chi connectivity index (χ4v) is 7.82. The number of carbonyl (C=O) groups excluding carboxylic acids is 1. The fourth-order valence-electron chi connectivity index (χ4n) is 5.72. The lowest BCUT2D eigenvalue weighted by Gasteiger charge is -2.36. The molecule has 1 spiro atoms. The lowest BCUT2D eigenvalue weighted by atomic mass is 9.77. The predicted octanol–water partition coefficient (Wildman–Crippen LogP) is 3.00. The molecule has 0 aromatic heterocycles. The summed E-state index contributed by atoms with van der Waals surface area (Å²) in [6.45, 7) is 1.66. The molecule has 1 atom stereocenters. The summed E-state index contributed by atoms with van der Waals surface area (Å²) in [5, 5.41) is 16.2. The Morgan fingerprint density at radius 3 is 2.30 bits per heavy atom. The number of sulfone groups is 1. The van der Waals surface area contributed by atoms with E-state index in [0.29, 0.717) is 12.5 Å². The van der Waals surface area contributed by atoms with E-state index in [-0.39, 0.29) is 23.2 Å². The monoisotopic (exact) mass is 435 g/mol. The summed E-state index contributed by atoms with van der Waals surface area (Å²) in [5.74, 6) is -0.803. The smallest absolute Gasteiger partial charge is 0.265 e. The van der Waals surface area contributed by atoms with Crippen LogP contribution in [0.1, 0.15) is 64.2 Å². The van der Waals surface area contributed by atoms with Crippen molar-refractivity contribution < 1.29 is 18.4 Å². The molecule has 1 aromatic rings. The van der Waals surface area contributed by atoms with Gasteiger partial charge in [-0.3, -0.25) is 10.0 Å². The van der Waals surface area contributed by atoms with E-state index in [0.717, 1.165) is 44.5 Å².